The summed E-state index contributed by atoms with van der Waals surface area (Å²) in [6.07, 6.45) is 5.83. The number of hydrogen-bond donors (Lipinski definition) is 1. The molecule has 9 heteroatoms. The molecule has 40 heavy (non-hydrogen) atoms. The molecule has 0 amide bonds. The van der Waals surface area contributed by atoms with Gasteiger partial charge in [0.25, 0.3) is 5.56 Å². The van der Waals surface area contributed by atoms with Crippen LogP contribution in [0.15, 0.2) is 47.4 Å². The second kappa shape index (κ2) is 8.44. The van der Waals surface area contributed by atoms with E-state index in [1.807, 2.05) is 25.1 Å². The van der Waals surface area contributed by atoms with Crippen LogP contribution < -0.4 is 5.56 Å². The maximum Gasteiger partial charge on any atom is 0.252 e. The van der Waals surface area contributed by atoms with Crippen molar-refractivity contribution >= 4 is 38.9 Å². The van der Waals surface area contributed by atoms with Crippen molar-refractivity contribution in [1.82, 2.24) is 19.5 Å². The first-order chi connectivity index (χ1) is 19.3. The smallest absolute Gasteiger partial charge is 0.252 e. The number of Topliss-reactive ketones (excluding diaryl/α,β-unsaturated/α-hetero) is 1. The van der Waals surface area contributed by atoms with E-state index >= 15 is 4.39 Å². The molecule has 0 unspecified atom stereocenters. The lowest BCUT2D eigenvalue weighted by Gasteiger charge is -2.25. The molecule has 0 radical (unpaired) electrons. The number of benzene rings is 2. The third-order valence-electron chi connectivity index (χ3n) is 8.82. The lowest BCUT2D eigenvalue weighted by atomic mass is 9.80. The molecule has 1 aliphatic heterocycles. The van der Waals surface area contributed by atoms with Gasteiger partial charge in [-0.05, 0) is 68.2 Å². The molecule has 1 fully saturated rings. The van der Waals surface area contributed by atoms with Crippen molar-refractivity contribution in [3.63, 3.8) is 0 Å². The molecule has 1 saturated carbocycles. The number of imidazole rings is 1. The zero-order valence-electron chi connectivity index (χ0n) is 21.7. The minimum absolute atomic E-state index is 0.00448. The number of nitrogens with zero attached hydrogens (tertiary/aromatic N) is 3. The first kappa shape index (κ1) is 24.2. The van der Waals surface area contributed by atoms with Gasteiger partial charge in [-0.15, -0.1) is 11.3 Å². The first-order valence-electron chi connectivity index (χ1n) is 13.5. The van der Waals surface area contributed by atoms with Crippen molar-refractivity contribution in [2.75, 3.05) is 0 Å². The van der Waals surface area contributed by atoms with Crippen molar-refractivity contribution in [3.05, 3.63) is 91.4 Å². The molecular weight excluding hydrogens is 547 g/mol. The van der Waals surface area contributed by atoms with Crippen LogP contribution in [0.4, 0.5) is 4.39 Å². The standard InChI is InChI=1S/C31H24ClFN4O2S/c1-15-35-20-10-16(3-7-25(20)40-15)21-14-34-30(36-21)23-6-5-22-28-18(11-26(39)37(22)23)27-17(2-4-19(32)29(27)33)12-31(8-9-31)13-24(28)38/h2-4,7,10-11,14,23H,5-6,8-9,12-13H2,1H3,(H,34,36)/t23-/m0/s1. The van der Waals surface area contributed by atoms with E-state index < -0.39 is 5.82 Å². The number of rotatable bonds is 2. The quantitative estimate of drug-likeness (QED) is 0.246. The van der Waals surface area contributed by atoms with Crippen LogP contribution in [0.5, 0.6) is 0 Å². The van der Waals surface area contributed by atoms with Crippen molar-refractivity contribution in [2.24, 2.45) is 5.41 Å². The maximum atomic E-state index is 15.6. The molecule has 2 aromatic carbocycles. The molecule has 3 aliphatic rings. The third-order valence-corrected chi connectivity index (χ3v) is 10.1. The number of hydrogen-bond acceptors (Lipinski definition) is 5. The molecule has 3 aromatic heterocycles. The molecule has 2 aliphatic carbocycles. The highest BCUT2D eigenvalue weighted by Crippen LogP contribution is 2.55. The molecule has 1 atom stereocenters. The van der Waals surface area contributed by atoms with Gasteiger partial charge in [-0.3, -0.25) is 9.59 Å². The highest BCUT2D eigenvalue weighted by molar-refractivity contribution is 7.18. The van der Waals surface area contributed by atoms with Gasteiger partial charge >= 0.3 is 0 Å². The van der Waals surface area contributed by atoms with Gasteiger partial charge in [0.2, 0.25) is 0 Å². The zero-order valence-corrected chi connectivity index (χ0v) is 23.3. The molecule has 200 valence electrons. The van der Waals surface area contributed by atoms with Crippen LogP contribution in [-0.4, -0.2) is 25.3 Å². The maximum absolute atomic E-state index is 15.6. The Kier molecular flexibility index (Phi) is 5.11. The van der Waals surface area contributed by atoms with E-state index in [4.69, 9.17) is 11.6 Å². The summed E-state index contributed by atoms with van der Waals surface area (Å²) in [5.74, 6) is 0.0821. The van der Waals surface area contributed by atoms with Crippen LogP contribution in [0.25, 0.3) is 32.6 Å². The fraction of sp³-hybridized carbons (Fsp3) is 0.290. The Hall–Kier alpha value is -3.62. The highest BCUT2D eigenvalue weighted by atomic mass is 35.5. The predicted molar refractivity (Wildman–Crippen MR) is 154 cm³/mol. The first-order valence-corrected chi connectivity index (χ1v) is 14.7. The zero-order chi connectivity index (χ0) is 27.3. The minimum Gasteiger partial charge on any atom is -0.340 e. The SMILES string of the molecule is Cc1nc2cc(-c3cnc([C@@H]4CCc5c6c(cc(=O)n54)-c4c(ccc(Cl)c4F)CC4(CC4)CC6=O)[nH]3)ccc2s1. The predicted octanol–water partition coefficient (Wildman–Crippen LogP) is 7.06. The number of aromatic amines is 1. The van der Waals surface area contributed by atoms with E-state index in [-0.39, 0.29) is 27.8 Å². The lowest BCUT2D eigenvalue weighted by Crippen LogP contribution is -2.28. The third kappa shape index (κ3) is 3.58. The number of pyridine rings is 1. The topological polar surface area (TPSA) is 80.6 Å². The summed E-state index contributed by atoms with van der Waals surface area (Å²) < 4.78 is 18.4. The van der Waals surface area contributed by atoms with E-state index in [0.717, 1.165) is 44.9 Å². The van der Waals surface area contributed by atoms with Gasteiger partial charge in [0.05, 0.1) is 38.2 Å². The van der Waals surface area contributed by atoms with Gasteiger partial charge in [-0.2, -0.15) is 0 Å². The Balaban J connectivity index is 1.26. The van der Waals surface area contributed by atoms with E-state index in [9.17, 15) is 9.59 Å². The van der Waals surface area contributed by atoms with E-state index in [2.05, 4.69) is 21.0 Å². The molecule has 1 spiro atoms. The van der Waals surface area contributed by atoms with Crippen LogP contribution >= 0.6 is 22.9 Å². The molecule has 6 nitrogen and oxygen atoms in total. The fourth-order valence-corrected chi connectivity index (χ4v) is 7.71. The number of aryl methyl sites for hydroxylation is 1. The van der Waals surface area contributed by atoms with Crippen LogP contribution in [0.1, 0.15) is 64.2 Å². The number of H-pyrrole nitrogens is 1. The average molecular weight is 571 g/mol. The number of aromatic nitrogens is 4. The average Bonchev–Trinajstić information content (AvgIpc) is 3.28. The Labute approximate surface area is 237 Å². The van der Waals surface area contributed by atoms with Gasteiger partial charge in [0.1, 0.15) is 11.6 Å². The van der Waals surface area contributed by atoms with Gasteiger partial charge in [-0.25, -0.2) is 14.4 Å². The number of halogens is 2. The molecule has 5 aromatic rings. The second-order valence-corrected chi connectivity index (χ2v) is 13.1. The van der Waals surface area contributed by atoms with Crippen molar-refractivity contribution in [2.45, 2.75) is 51.5 Å². The van der Waals surface area contributed by atoms with Gasteiger partial charge < -0.3 is 9.55 Å². The monoisotopic (exact) mass is 570 g/mol. The number of thiazole rings is 1. The summed E-state index contributed by atoms with van der Waals surface area (Å²) in [7, 11) is 0. The van der Waals surface area contributed by atoms with Gasteiger partial charge in [-0.1, -0.05) is 23.7 Å². The van der Waals surface area contributed by atoms with Crippen molar-refractivity contribution < 1.29 is 9.18 Å². The van der Waals surface area contributed by atoms with Crippen LogP contribution in [-0.2, 0) is 12.8 Å². The van der Waals surface area contributed by atoms with E-state index in [0.29, 0.717) is 53.9 Å². The fourth-order valence-electron chi connectivity index (χ4n) is 6.75. The second-order valence-electron chi connectivity index (χ2n) is 11.4. The normalized spacial score (nSPS) is 18.9. The largest absolute Gasteiger partial charge is 0.340 e. The highest BCUT2D eigenvalue weighted by Gasteiger charge is 2.47. The van der Waals surface area contributed by atoms with Crippen molar-refractivity contribution in [3.8, 4) is 22.4 Å². The Morgan fingerprint density at radius 1 is 1.12 bits per heavy atom. The molecule has 0 bridgehead atoms. The van der Waals surface area contributed by atoms with Crippen LogP contribution in [0.3, 0.4) is 0 Å². The number of ketones is 1. The summed E-state index contributed by atoms with van der Waals surface area (Å²) in [6.45, 7) is 1.99. The summed E-state index contributed by atoms with van der Waals surface area (Å²) in [5, 5.41) is 1.01. The van der Waals surface area contributed by atoms with Crippen LogP contribution in [0, 0.1) is 18.2 Å². The number of fused-ring (bicyclic) bond motifs is 6. The summed E-state index contributed by atoms with van der Waals surface area (Å²) in [6, 6.07) is 10.7. The number of nitrogens with one attached hydrogen (secondary N) is 1. The molecule has 1 N–H and O–H groups in total. The van der Waals surface area contributed by atoms with Gasteiger partial charge in [0, 0.05) is 40.4 Å². The Morgan fingerprint density at radius 3 is 2.80 bits per heavy atom. The number of carbonyl (C=O) groups is 1. The minimum atomic E-state index is -0.562. The van der Waals surface area contributed by atoms with E-state index in [1.165, 1.54) is 6.07 Å². The van der Waals surface area contributed by atoms with Gasteiger partial charge in [0.15, 0.2) is 5.78 Å². The Bertz CT molecular complexity index is 1970. The van der Waals surface area contributed by atoms with Crippen molar-refractivity contribution in [1.29, 1.82) is 0 Å². The molecule has 0 saturated heterocycles. The lowest BCUT2D eigenvalue weighted by molar-refractivity contribution is 0.0953. The molecule has 4 heterocycles. The summed E-state index contributed by atoms with van der Waals surface area (Å²) in [4.78, 5) is 40.2. The summed E-state index contributed by atoms with van der Waals surface area (Å²) in [5.41, 5.74) is 4.96. The Morgan fingerprint density at radius 2 is 1.98 bits per heavy atom. The van der Waals surface area contributed by atoms with Crippen LogP contribution in [0.2, 0.25) is 5.02 Å². The molecular formula is C31H24ClFN4O2S. The summed E-state index contributed by atoms with van der Waals surface area (Å²) >= 11 is 7.87. The van der Waals surface area contributed by atoms with E-state index in [1.54, 1.807) is 28.2 Å². The molecule has 8 rings (SSSR count). The number of carbonyl (C=O) groups excluding carboxylic acids is 1.